The summed E-state index contributed by atoms with van der Waals surface area (Å²) in [6.07, 6.45) is 0. The van der Waals surface area contributed by atoms with Crippen molar-refractivity contribution in [3.63, 3.8) is 0 Å². The zero-order valence-corrected chi connectivity index (χ0v) is 13.6. The van der Waals surface area contributed by atoms with Gasteiger partial charge in [0.25, 0.3) is 0 Å². The first kappa shape index (κ1) is 15.6. The van der Waals surface area contributed by atoms with E-state index in [1.807, 2.05) is 0 Å². The molecule has 0 fully saturated rings. The van der Waals surface area contributed by atoms with Crippen LogP contribution in [0.25, 0.3) is 0 Å². The second kappa shape index (κ2) is 6.31. The van der Waals surface area contributed by atoms with Gasteiger partial charge in [-0.3, -0.25) is 0 Å². The zero-order valence-electron chi connectivity index (χ0n) is 10.5. The topological polar surface area (TPSA) is 35.2 Å². The maximum atomic E-state index is 13.9. The third-order valence-electron chi connectivity index (χ3n) is 2.68. The summed E-state index contributed by atoms with van der Waals surface area (Å²) in [5, 5.41) is 0.758. The van der Waals surface area contributed by atoms with Crippen molar-refractivity contribution in [1.29, 1.82) is 0 Å². The summed E-state index contributed by atoms with van der Waals surface area (Å²) in [6.45, 7) is 1.78. The van der Waals surface area contributed by atoms with Gasteiger partial charge >= 0.3 is 0 Å². The van der Waals surface area contributed by atoms with E-state index in [1.54, 1.807) is 19.1 Å². The molecule has 0 unspecified atom stereocenters. The van der Waals surface area contributed by atoms with E-state index in [-0.39, 0.29) is 17.5 Å². The molecule has 106 valence electrons. The molecule has 2 N–H and O–H groups in total. The van der Waals surface area contributed by atoms with Crippen molar-refractivity contribution in [1.82, 2.24) is 0 Å². The molecule has 0 aromatic heterocycles. The number of ether oxygens (including phenoxy) is 1. The van der Waals surface area contributed by atoms with Gasteiger partial charge in [-0.25, -0.2) is 4.39 Å². The molecule has 0 heterocycles. The molecule has 0 bridgehead atoms. The first-order chi connectivity index (χ1) is 9.38. The molecule has 0 spiro atoms. The van der Waals surface area contributed by atoms with Gasteiger partial charge in [0.15, 0.2) is 11.6 Å². The Hall–Kier alpha value is -0.810. The minimum Gasteiger partial charge on any atom is -0.453 e. The van der Waals surface area contributed by atoms with Gasteiger partial charge in [0.05, 0.1) is 10.0 Å². The molecule has 0 aliphatic rings. The van der Waals surface area contributed by atoms with Gasteiger partial charge in [0, 0.05) is 16.6 Å². The maximum absolute atomic E-state index is 13.9. The van der Waals surface area contributed by atoms with E-state index >= 15 is 0 Å². The van der Waals surface area contributed by atoms with Crippen molar-refractivity contribution < 1.29 is 9.13 Å². The van der Waals surface area contributed by atoms with Crippen LogP contribution in [0, 0.1) is 5.82 Å². The minimum absolute atomic E-state index is 0.0645. The first-order valence-corrected chi connectivity index (χ1v) is 7.31. The van der Waals surface area contributed by atoms with Crippen LogP contribution in [0.4, 0.5) is 4.39 Å². The predicted octanol–water partition coefficient (Wildman–Crippen LogP) is 5.71. The largest absolute Gasteiger partial charge is 0.453 e. The van der Waals surface area contributed by atoms with Crippen molar-refractivity contribution in [2.45, 2.75) is 13.0 Å². The third-order valence-corrected chi connectivity index (χ3v) is 4.17. The van der Waals surface area contributed by atoms with Gasteiger partial charge in [-0.05, 0) is 46.6 Å². The Bertz CT molecular complexity index is 649. The normalized spacial score (nSPS) is 12.3. The van der Waals surface area contributed by atoms with Gasteiger partial charge in [-0.15, -0.1) is 0 Å². The van der Waals surface area contributed by atoms with Crippen molar-refractivity contribution in [2.24, 2.45) is 5.73 Å². The van der Waals surface area contributed by atoms with Crippen molar-refractivity contribution in [2.75, 3.05) is 0 Å². The van der Waals surface area contributed by atoms with Crippen LogP contribution >= 0.6 is 39.1 Å². The van der Waals surface area contributed by atoms with Crippen molar-refractivity contribution >= 4 is 39.1 Å². The molecule has 0 aliphatic heterocycles. The molecule has 0 amide bonds. The van der Waals surface area contributed by atoms with Crippen LogP contribution in [0.15, 0.2) is 34.8 Å². The Kier molecular flexibility index (Phi) is 4.91. The highest BCUT2D eigenvalue weighted by Gasteiger charge is 2.12. The second-order valence-corrected chi connectivity index (χ2v) is 5.95. The van der Waals surface area contributed by atoms with E-state index in [4.69, 9.17) is 33.7 Å². The SMILES string of the molecule is C[C@@H](N)c1ccc(Oc2cc(Cl)c(Br)cc2Cl)c(F)c1. The summed E-state index contributed by atoms with van der Waals surface area (Å²) < 4.78 is 20.0. The Labute approximate surface area is 134 Å². The smallest absolute Gasteiger partial charge is 0.166 e. The van der Waals surface area contributed by atoms with Crippen LogP contribution in [-0.2, 0) is 0 Å². The van der Waals surface area contributed by atoms with Crippen molar-refractivity contribution in [3.8, 4) is 11.5 Å². The van der Waals surface area contributed by atoms with E-state index in [0.717, 1.165) is 0 Å². The van der Waals surface area contributed by atoms with Crippen LogP contribution < -0.4 is 10.5 Å². The Morgan fingerprint density at radius 3 is 2.45 bits per heavy atom. The predicted molar refractivity (Wildman–Crippen MR) is 83.2 cm³/mol. The van der Waals surface area contributed by atoms with Crippen LogP contribution in [0.1, 0.15) is 18.5 Å². The number of rotatable bonds is 3. The average molecular weight is 379 g/mol. The molecule has 2 rings (SSSR count). The molecule has 2 nitrogen and oxygen atoms in total. The van der Waals surface area contributed by atoms with E-state index in [2.05, 4.69) is 15.9 Å². The highest BCUT2D eigenvalue weighted by atomic mass is 79.9. The van der Waals surface area contributed by atoms with Crippen LogP contribution in [0.3, 0.4) is 0 Å². The number of halogens is 4. The lowest BCUT2D eigenvalue weighted by Gasteiger charge is -2.12. The average Bonchev–Trinajstić information content (AvgIpc) is 2.37. The molecule has 2 aromatic rings. The van der Waals surface area contributed by atoms with Crippen LogP contribution in [0.2, 0.25) is 10.0 Å². The zero-order chi connectivity index (χ0) is 14.9. The number of hydrogen-bond donors (Lipinski definition) is 1. The summed E-state index contributed by atoms with van der Waals surface area (Å²) >= 11 is 15.2. The Morgan fingerprint density at radius 2 is 1.85 bits per heavy atom. The third kappa shape index (κ3) is 3.44. The Balaban J connectivity index is 2.33. The number of benzene rings is 2. The first-order valence-electron chi connectivity index (χ1n) is 5.76. The highest BCUT2D eigenvalue weighted by Crippen LogP contribution is 2.37. The molecule has 0 aliphatic carbocycles. The molecule has 2 aromatic carbocycles. The van der Waals surface area contributed by atoms with E-state index < -0.39 is 5.82 Å². The van der Waals surface area contributed by atoms with E-state index in [0.29, 0.717) is 20.1 Å². The summed E-state index contributed by atoms with van der Waals surface area (Å²) in [5.74, 6) is -0.156. The lowest BCUT2D eigenvalue weighted by molar-refractivity contribution is 0.441. The fraction of sp³-hybridized carbons (Fsp3) is 0.143. The molecule has 0 saturated carbocycles. The number of hydrogen-bond acceptors (Lipinski definition) is 2. The van der Waals surface area contributed by atoms with Gasteiger partial charge in [0.2, 0.25) is 0 Å². The monoisotopic (exact) mass is 377 g/mol. The van der Waals surface area contributed by atoms with E-state index in [1.165, 1.54) is 18.2 Å². The highest BCUT2D eigenvalue weighted by molar-refractivity contribution is 9.10. The number of nitrogens with two attached hydrogens (primary N) is 1. The Morgan fingerprint density at radius 1 is 1.15 bits per heavy atom. The molecule has 0 saturated heterocycles. The molecule has 6 heteroatoms. The van der Waals surface area contributed by atoms with Crippen LogP contribution in [0.5, 0.6) is 11.5 Å². The molecule has 1 atom stereocenters. The molecule has 0 radical (unpaired) electrons. The lowest BCUT2D eigenvalue weighted by Crippen LogP contribution is -2.05. The van der Waals surface area contributed by atoms with Crippen molar-refractivity contribution in [3.05, 3.63) is 56.2 Å². The van der Waals surface area contributed by atoms with Gasteiger partial charge in [-0.2, -0.15) is 0 Å². The van der Waals surface area contributed by atoms with Gasteiger partial charge in [0.1, 0.15) is 5.75 Å². The van der Waals surface area contributed by atoms with Gasteiger partial charge in [-0.1, -0.05) is 29.3 Å². The quantitative estimate of drug-likeness (QED) is 0.694. The van der Waals surface area contributed by atoms with Crippen LogP contribution in [-0.4, -0.2) is 0 Å². The summed E-state index contributed by atoms with van der Waals surface area (Å²) in [5.41, 5.74) is 6.38. The van der Waals surface area contributed by atoms with E-state index in [9.17, 15) is 4.39 Å². The molecule has 20 heavy (non-hydrogen) atoms. The second-order valence-electron chi connectivity index (χ2n) is 4.28. The fourth-order valence-electron chi connectivity index (χ4n) is 1.58. The summed E-state index contributed by atoms with van der Waals surface area (Å²) in [7, 11) is 0. The van der Waals surface area contributed by atoms with Gasteiger partial charge < -0.3 is 10.5 Å². The molecular weight excluding hydrogens is 368 g/mol. The molecular formula is C14H11BrCl2FNO. The lowest BCUT2D eigenvalue weighted by atomic mass is 10.1. The maximum Gasteiger partial charge on any atom is 0.166 e. The standard InChI is InChI=1S/C14H11BrCl2FNO/c1-7(19)8-2-3-13(12(18)4-8)20-14-6-10(16)9(15)5-11(14)17/h2-7H,19H2,1H3/t7-/m1/s1. The summed E-state index contributed by atoms with van der Waals surface area (Å²) in [6, 6.07) is 7.43. The fourth-order valence-corrected chi connectivity index (χ4v) is 2.42. The minimum atomic E-state index is -0.505. The summed E-state index contributed by atoms with van der Waals surface area (Å²) in [4.78, 5) is 0.